The lowest BCUT2D eigenvalue weighted by Crippen LogP contribution is -2.38. The standard InChI is InChI=1S/C15H21ClN4O/c1-4-17-15(18-8-12-5-6-21-11-12)20(3)10-14-7-13(16)9-19(14)2/h5-7,9,11H,4,8,10H2,1-3H3,(H,17,18). The van der Waals surface area contributed by atoms with E-state index >= 15 is 0 Å². The molecule has 0 atom stereocenters. The molecule has 0 saturated carbocycles. The van der Waals surface area contributed by atoms with E-state index in [-0.39, 0.29) is 0 Å². The number of hydrogen-bond acceptors (Lipinski definition) is 2. The van der Waals surface area contributed by atoms with Gasteiger partial charge in [-0.05, 0) is 19.1 Å². The first-order chi connectivity index (χ1) is 10.1. The number of aliphatic imine (C=N–C) groups is 1. The Morgan fingerprint density at radius 1 is 1.52 bits per heavy atom. The number of furan rings is 1. The third-order valence-corrected chi connectivity index (χ3v) is 3.37. The van der Waals surface area contributed by atoms with Gasteiger partial charge in [-0.3, -0.25) is 0 Å². The van der Waals surface area contributed by atoms with Crippen molar-refractivity contribution in [2.75, 3.05) is 13.6 Å². The fourth-order valence-electron chi connectivity index (χ4n) is 2.06. The zero-order valence-corrected chi connectivity index (χ0v) is 13.4. The molecule has 0 saturated heterocycles. The van der Waals surface area contributed by atoms with E-state index in [9.17, 15) is 0 Å². The highest BCUT2D eigenvalue weighted by atomic mass is 35.5. The third-order valence-electron chi connectivity index (χ3n) is 3.16. The molecule has 114 valence electrons. The Hall–Kier alpha value is -1.88. The van der Waals surface area contributed by atoms with E-state index < -0.39 is 0 Å². The van der Waals surface area contributed by atoms with Gasteiger partial charge in [0.2, 0.25) is 0 Å². The molecule has 2 heterocycles. The summed E-state index contributed by atoms with van der Waals surface area (Å²) in [4.78, 5) is 6.70. The first-order valence-electron chi connectivity index (χ1n) is 6.91. The van der Waals surface area contributed by atoms with Crippen molar-refractivity contribution >= 4 is 17.6 Å². The van der Waals surface area contributed by atoms with Crippen LogP contribution in [0.25, 0.3) is 0 Å². The number of rotatable bonds is 5. The second-order valence-electron chi connectivity index (χ2n) is 4.92. The molecule has 21 heavy (non-hydrogen) atoms. The minimum absolute atomic E-state index is 0.594. The van der Waals surface area contributed by atoms with Gasteiger partial charge in [0, 0.05) is 38.1 Å². The summed E-state index contributed by atoms with van der Waals surface area (Å²) < 4.78 is 7.09. The van der Waals surface area contributed by atoms with Crippen LogP contribution in [0.4, 0.5) is 0 Å². The number of hydrogen-bond donors (Lipinski definition) is 1. The van der Waals surface area contributed by atoms with Crippen LogP contribution >= 0.6 is 11.6 Å². The summed E-state index contributed by atoms with van der Waals surface area (Å²) in [5.74, 6) is 0.857. The summed E-state index contributed by atoms with van der Waals surface area (Å²) in [6.07, 6.45) is 5.28. The zero-order valence-electron chi connectivity index (χ0n) is 12.6. The number of aryl methyl sites for hydroxylation is 1. The van der Waals surface area contributed by atoms with Gasteiger partial charge >= 0.3 is 0 Å². The highest BCUT2D eigenvalue weighted by molar-refractivity contribution is 6.30. The topological polar surface area (TPSA) is 45.7 Å². The minimum Gasteiger partial charge on any atom is -0.472 e. The van der Waals surface area contributed by atoms with Gasteiger partial charge in [-0.15, -0.1) is 0 Å². The Labute approximate surface area is 130 Å². The largest absolute Gasteiger partial charge is 0.472 e. The normalized spacial score (nSPS) is 11.7. The summed E-state index contributed by atoms with van der Waals surface area (Å²) in [5.41, 5.74) is 2.19. The van der Waals surface area contributed by atoms with Crippen molar-refractivity contribution in [2.45, 2.75) is 20.0 Å². The Morgan fingerprint density at radius 3 is 2.90 bits per heavy atom. The summed E-state index contributed by atoms with van der Waals surface area (Å²) in [5, 5.41) is 4.05. The van der Waals surface area contributed by atoms with E-state index in [1.807, 2.05) is 37.0 Å². The van der Waals surface area contributed by atoms with Gasteiger partial charge < -0.3 is 19.2 Å². The summed E-state index contributed by atoms with van der Waals surface area (Å²) >= 11 is 6.02. The van der Waals surface area contributed by atoms with Crippen LogP contribution in [0.15, 0.2) is 40.3 Å². The number of halogens is 1. The van der Waals surface area contributed by atoms with Crippen LogP contribution in [0.2, 0.25) is 5.02 Å². The summed E-state index contributed by atoms with van der Waals surface area (Å²) in [6, 6.07) is 3.89. The fraction of sp³-hybridized carbons (Fsp3) is 0.400. The minimum atomic E-state index is 0.594. The molecule has 5 nitrogen and oxygen atoms in total. The first-order valence-corrected chi connectivity index (χ1v) is 7.29. The monoisotopic (exact) mass is 308 g/mol. The lowest BCUT2D eigenvalue weighted by atomic mass is 10.3. The predicted octanol–water partition coefficient (Wildman–Crippen LogP) is 2.87. The van der Waals surface area contributed by atoms with Gasteiger partial charge in [0.25, 0.3) is 0 Å². The molecule has 6 heteroatoms. The molecule has 0 bridgehead atoms. The van der Waals surface area contributed by atoms with E-state index in [0.29, 0.717) is 6.54 Å². The molecule has 0 unspecified atom stereocenters. The van der Waals surface area contributed by atoms with Gasteiger partial charge in [-0.1, -0.05) is 11.6 Å². The lowest BCUT2D eigenvalue weighted by molar-refractivity contribution is 0.462. The van der Waals surface area contributed by atoms with Crippen molar-refractivity contribution in [1.82, 2.24) is 14.8 Å². The summed E-state index contributed by atoms with van der Waals surface area (Å²) in [6.45, 7) is 4.21. The van der Waals surface area contributed by atoms with Crippen LogP contribution in [0, 0.1) is 0 Å². The molecule has 0 amide bonds. The summed E-state index contributed by atoms with van der Waals surface area (Å²) in [7, 11) is 4.00. The highest BCUT2D eigenvalue weighted by Crippen LogP contribution is 2.14. The van der Waals surface area contributed by atoms with Gasteiger partial charge in [-0.25, -0.2) is 4.99 Å². The van der Waals surface area contributed by atoms with Crippen molar-refractivity contribution in [1.29, 1.82) is 0 Å². The third kappa shape index (κ3) is 4.29. The van der Waals surface area contributed by atoms with Crippen LogP contribution in [0.3, 0.4) is 0 Å². The molecule has 0 aromatic carbocycles. The van der Waals surface area contributed by atoms with Crippen LogP contribution in [-0.2, 0) is 20.1 Å². The second kappa shape index (κ2) is 7.22. The quantitative estimate of drug-likeness (QED) is 0.682. The predicted molar refractivity (Wildman–Crippen MR) is 85.4 cm³/mol. The second-order valence-corrected chi connectivity index (χ2v) is 5.35. The fourth-order valence-corrected chi connectivity index (χ4v) is 2.33. The SMILES string of the molecule is CCNC(=NCc1ccoc1)N(C)Cc1cc(Cl)cn1C. The molecule has 2 aromatic rings. The molecule has 0 radical (unpaired) electrons. The van der Waals surface area contributed by atoms with Gasteiger partial charge in [-0.2, -0.15) is 0 Å². The average molecular weight is 309 g/mol. The van der Waals surface area contributed by atoms with Crippen LogP contribution < -0.4 is 5.32 Å². The lowest BCUT2D eigenvalue weighted by Gasteiger charge is -2.22. The Balaban J connectivity index is 2.06. The van der Waals surface area contributed by atoms with Crippen molar-refractivity contribution in [3.05, 3.63) is 47.1 Å². The van der Waals surface area contributed by atoms with E-state index in [0.717, 1.165) is 35.3 Å². The van der Waals surface area contributed by atoms with Crippen molar-refractivity contribution in [2.24, 2.45) is 12.0 Å². The van der Waals surface area contributed by atoms with Crippen LogP contribution in [0.1, 0.15) is 18.2 Å². The highest BCUT2D eigenvalue weighted by Gasteiger charge is 2.09. The first kappa shape index (κ1) is 15.5. The van der Waals surface area contributed by atoms with Gasteiger partial charge in [0.05, 0.1) is 30.6 Å². The maximum Gasteiger partial charge on any atom is 0.194 e. The van der Waals surface area contributed by atoms with Crippen LogP contribution in [-0.4, -0.2) is 29.0 Å². The molecule has 0 spiro atoms. The number of aromatic nitrogens is 1. The van der Waals surface area contributed by atoms with Gasteiger partial charge in [0.15, 0.2) is 5.96 Å². The molecule has 1 N–H and O–H groups in total. The molecule has 0 fully saturated rings. The maximum absolute atomic E-state index is 6.02. The Kier molecular flexibility index (Phi) is 5.33. The molecule has 2 rings (SSSR count). The van der Waals surface area contributed by atoms with Crippen LogP contribution in [0.5, 0.6) is 0 Å². The van der Waals surface area contributed by atoms with Crippen molar-refractivity contribution in [3.8, 4) is 0 Å². The zero-order chi connectivity index (χ0) is 15.2. The number of nitrogens with zero attached hydrogens (tertiary/aromatic N) is 3. The van der Waals surface area contributed by atoms with E-state index in [1.165, 1.54) is 0 Å². The Bertz CT molecular complexity index is 589. The molecular weight excluding hydrogens is 288 g/mol. The number of nitrogens with one attached hydrogen (secondary N) is 1. The van der Waals surface area contributed by atoms with Crippen molar-refractivity contribution < 1.29 is 4.42 Å². The Morgan fingerprint density at radius 2 is 2.33 bits per heavy atom. The maximum atomic E-state index is 6.02. The van der Waals surface area contributed by atoms with E-state index in [1.54, 1.807) is 12.5 Å². The molecule has 0 aliphatic carbocycles. The molecule has 2 aromatic heterocycles. The van der Waals surface area contributed by atoms with Gasteiger partial charge in [0.1, 0.15) is 0 Å². The van der Waals surface area contributed by atoms with E-state index in [2.05, 4.69) is 22.1 Å². The average Bonchev–Trinajstić information content (AvgIpc) is 3.05. The number of guanidine groups is 1. The smallest absolute Gasteiger partial charge is 0.194 e. The van der Waals surface area contributed by atoms with Crippen molar-refractivity contribution in [3.63, 3.8) is 0 Å². The molecule has 0 aliphatic heterocycles. The van der Waals surface area contributed by atoms with E-state index in [4.69, 9.17) is 16.0 Å². The molecular formula is C15H21ClN4O. The molecule has 0 aliphatic rings.